The summed E-state index contributed by atoms with van der Waals surface area (Å²) in [5, 5.41) is 7.22. The van der Waals surface area contributed by atoms with E-state index in [1.807, 2.05) is 25.4 Å². The van der Waals surface area contributed by atoms with Crippen LogP contribution in [0.1, 0.15) is 10.4 Å². The molecule has 12 heteroatoms. The van der Waals surface area contributed by atoms with Crippen molar-refractivity contribution in [1.82, 2.24) is 29.6 Å². The Morgan fingerprint density at radius 1 is 1.00 bits per heavy atom. The minimum atomic E-state index is -0.284. The number of morpholine rings is 1. The molecule has 0 bridgehead atoms. The first-order valence-corrected chi connectivity index (χ1v) is 13.4. The van der Waals surface area contributed by atoms with E-state index >= 15 is 0 Å². The van der Waals surface area contributed by atoms with Gasteiger partial charge >= 0.3 is 0 Å². The zero-order chi connectivity index (χ0) is 26.5. The third-order valence-corrected chi connectivity index (χ3v) is 7.84. The Morgan fingerprint density at radius 3 is 2.54 bits per heavy atom. The highest BCUT2D eigenvalue weighted by Crippen LogP contribution is 2.36. The first-order valence-electron chi connectivity index (χ1n) is 13.4. The van der Waals surface area contributed by atoms with E-state index in [1.54, 1.807) is 23.0 Å². The molecule has 3 aliphatic rings. The predicted molar refractivity (Wildman–Crippen MR) is 146 cm³/mol. The Kier molecular flexibility index (Phi) is 5.93. The number of fused-ring (bicyclic) bond motifs is 2. The molecule has 4 aromatic heterocycles. The second-order valence-electron chi connectivity index (χ2n) is 10.7. The smallest absolute Gasteiger partial charge is 0.300 e. The minimum absolute atomic E-state index is 0.284. The van der Waals surface area contributed by atoms with Crippen molar-refractivity contribution in [1.29, 1.82) is 0 Å². The maximum Gasteiger partial charge on any atom is 0.300 e. The Bertz CT molecular complexity index is 1510. The number of carbonyl (C=O) groups is 1. The van der Waals surface area contributed by atoms with E-state index in [-0.39, 0.29) is 5.91 Å². The fraction of sp³-hybridized carbons (Fsp3) is 0.444. The number of carbonyl (C=O) groups excluding carboxylic acids is 1. The second kappa shape index (κ2) is 9.62. The molecule has 1 amide bonds. The molecule has 2 atom stereocenters. The SMILES string of the molecule is CN1CC2CN(c3nc4nc(N5CCOCC5)oc4cc3C(=O)Nc3cccc(-c4cnn(C)c4)n3)CC2C1. The molecule has 39 heavy (non-hydrogen) atoms. The van der Waals surface area contributed by atoms with E-state index in [1.165, 1.54) is 0 Å². The highest BCUT2D eigenvalue weighted by molar-refractivity contribution is 6.08. The summed E-state index contributed by atoms with van der Waals surface area (Å²) in [6.07, 6.45) is 3.64. The molecule has 0 saturated carbocycles. The fourth-order valence-corrected chi connectivity index (χ4v) is 5.94. The molecule has 7 heterocycles. The number of nitrogens with zero attached hydrogens (tertiary/aromatic N) is 8. The molecule has 12 nitrogen and oxygen atoms in total. The van der Waals surface area contributed by atoms with E-state index in [2.05, 4.69) is 37.1 Å². The van der Waals surface area contributed by atoms with Gasteiger partial charge in [0.25, 0.3) is 11.9 Å². The first kappa shape index (κ1) is 24.0. The standard InChI is InChI=1S/C27H31N9O3/c1-33-12-18-15-36(16-19(18)13-33)25-20(10-22-24(31-25)32-27(39-22)35-6-8-38-9-7-35)26(37)30-23-5-3-4-21(29-23)17-11-28-34(2)14-17/h3-5,10-11,14,18-19H,6-9,12-13,15-16H2,1-2H3,(H,29,30,37). The minimum Gasteiger partial charge on any atom is -0.422 e. The average molecular weight is 530 g/mol. The van der Waals surface area contributed by atoms with Gasteiger partial charge in [0, 0.05) is 64.1 Å². The Balaban J connectivity index is 1.22. The summed E-state index contributed by atoms with van der Waals surface area (Å²) in [5.74, 6) is 1.93. The molecular formula is C27H31N9O3. The summed E-state index contributed by atoms with van der Waals surface area (Å²) >= 11 is 0. The number of hydrogen-bond acceptors (Lipinski definition) is 10. The van der Waals surface area contributed by atoms with Crippen LogP contribution in [0.25, 0.3) is 22.5 Å². The van der Waals surface area contributed by atoms with Crippen molar-refractivity contribution in [3.63, 3.8) is 0 Å². The Morgan fingerprint density at radius 2 is 1.79 bits per heavy atom. The van der Waals surface area contributed by atoms with Gasteiger partial charge in [-0.3, -0.25) is 9.48 Å². The van der Waals surface area contributed by atoms with Crippen LogP contribution in [0.15, 0.2) is 41.1 Å². The summed E-state index contributed by atoms with van der Waals surface area (Å²) in [6, 6.07) is 7.83. The highest BCUT2D eigenvalue weighted by Gasteiger charge is 2.40. The number of rotatable bonds is 5. The predicted octanol–water partition coefficient (Wildman–Crippen LogP) is 2.10. The molecule has 202 valence electrons. The lowest BCUT2D eigenvalue weighted by Crippen LogP contribution is -2.36. The molecular weight excluding hydrogens is 498 g/mol. The normalized spacial score (nSPS) is 21.6. The third-order valence-electron chi connectivity index (χ3n) is 7.84. The Hall–Kier alpha value is -4.03. The number of nitrogens with one attached hydrogen (secondary N) is 1. The summed E-state index contributed by atoms with van der Waals surface area (Å²) in [5.41, 5.74) is 3.06. The fourth-order valence-electron chi connectivity index (χ4n) is 5.94. The molecule has 0 aliphatic carbocycles. The van der Waals surface area contributed by atoms with Gasteiger partial charge in [-0.05, 0) is 31.0 Å². The molecule has 4 aromatic rings. The quantitative estimate of drug-likeness (QED) is 0.412. The third kappa shape index (κ3) is 4.59. The van der Waals surface area contributed by atoms with Gasteiger partial charge in [0.05, 0.1) is 30.7 Å². The number of likely N-dealkylation sites (tertiary alicyclic amines) is 1. The van der Waals surface area contributed by atoms with Crippen LogP contribution >= 0.6 is 0 Å². The molecule has 7 rings (SSSR count). The van der Waals surface area contributed by atoms with E-state index in [4.69, 9.17) is 19.1 Å². The lowest BCUT2D eigenvalue weighted by molar-refractivity contribution is 0.102. The maximum atomic E-state index is 13.8. The van der Waals surface area contributed by atoms with Gasteiger partial charge in [-0.25, -0.2) is 9.97 Å². The molecule has 2 unspecified atom stereocenters. The number of oxazole rings is 1. The van der Waals surface area contributed by atoms with Crippen molar-refractivity contribution in [2.24, 2.45) is 18.9 Å². The van der Waals surface area contributed by atoms with Crippen molar-refractivity contribution >= 4 is 34.8 Å². The van der Waals surface area contributed by atoms with Gasteiger partial charge in [-0.2, -0.15) is 10.1 Å². The van der Waals surface area contributed by atoms with Gasteiger partial charge in [0.1, 0.15) is 11.6 Å². The van der Waals surface area contributed by atoms with Crippen molar-refractivity contribution in [2.75, 3.05) is 74.6 Å². The summed E-state index contributed by atoms with van der Waals surface area (Å²) in [4.78, 5) is 34.7. The summed E-state index contributed by atoms with van der Waals surface area (Å²) in [6.45, 7) is 6.49. The van der Waals surface area contributed by atoms with E-state index in [0.29, 0.717) is 72.6 Å². The number of aromatic nitrogens is 5. The summed E-state index contributed by atoms with van der Waals surface area (Å²) in [7, 11) is 4.03. The second-order valence-corrected chi connectivity index (χ2v) is 10.7. The molecule has 1 N–H and O–H groups in total. The molecule has 3 aliphatic heterocycles. The lowest BCUT2D eigenvalue weighted by atomic mass is 10.0. The van der Waals surface area contributed by atoms with Crippen molar-refractivity contribution in [3.05, 3.63) is 42.2 Å². The van der Waals surface area contributed by atoms with Crippen molar-refractivity contribution < 1.29 is 13.9 Å². The largest absolute Gasteiger partial charge is 0.422 e. The van der Waals surface area contributed by atoms with Crippen LogP contribution in [-0.2, 0) is 11.8 Å². The summed E-state index contributed by atoms with van der Waals surface area (Å²) < 4.78 is 13.3. The lowest BCUT2D eigenvalue weighted by Gasteiger charge is -2.24. The van der Waals surface area contributed by atoms with Gasteiger partial charge < -0.3 is 29.2 Å². The molecule has 3 fully saturated rings. The molecule has 0 radical (unpaired) electrons. The van der Waals surface area contributed by atoms with Crippen LogP contribution in [0.2, 0.25) is 0 Å². The molecule has 0 aromatic carbocycles. The number of aryl methyl sites for hydroxylation is 1. The monoisotopic (exact) mass is 529 g/mol. The number of ether oxygens (including phenoxy) is 1. The van der Waals surface area contributed by atoms with Gasteiger partial charge in [0.15, 0.2) is 5.58 Å². The number of anilines is 3. The Labute approximate surface area is 225 Å². The van der Waals surface area contributed by atoms with Crippen LogP contribution < -0.4 is 15.1 Å². The van der Waals surface area contributed by atoms with Crippen LogP contribution in [0.4, 0.5) is 17.7 Å². The van der Waals surface area contributed by atoms with E-state index < -0.39 is 0 Å². The van der Waals surface area contributed by atoms with E-state index in [9.17, 15) is 4.79 Å². The zero-order valence-corrected chi connectivity index (χ0v) is 22.1. The number of amides is 1. The van der Waals surface area contributed by atoms with Crippen LogP contribution in [-0.4, -0.2) is 95.1 Å². The van der Waals surface area contributed by atoms with Crippen molar-refractivity contribution in [3.8, 4) is 11.3 Å². The van der Waals surface area contributed by atoms with Crippen LogP contribution in [0.3, 0.4) is 0 Å². The van der Waals surface area contributed by atoms with Gasteiger partial charge in [-0.1, -0.05) is 6.07 Å². The first-order chi connectivity index (χ1) is 19.0. The van der Waals surface area contributed by atoms with Crippen molar-refractivity contribution in [2.45, 2.75) is 0 Å². The van der Waals surface area contributed by atoms with Gasteiger partial charge in [0.2, 0.25) is 5.65 Å². The highest BCUT2D eigenvalue weighted by atomic mass is 16.5. The average Bonchev–Trinajstić information content (AvgIpc) is 3.71. The zero-order valence-electron chi connectivity index (χ0n) is 22.1. The van der Waals surface area contributed by atoms with Crippen LogP contribution in [0.5, 0.6) is 0 Å². The van der Waals surface area contributed by atoms with Crippen LogP contribution in [0, 0.1) is 11.8 Å². The molecule has 0 spiro atoms. The van der Waals surface area contributed by atoms with Gasteiger partial charge in [-0.15, -0.1) is 0 Å². The maximum absolute atomic E-state index is 13.8. The number of pyridine rings is 2. The number of hydrogen-bond donors (Lipinski definition) is 1. The van der Waals surface area contributed by atoms with E-state index in [0.717, 1.165) is 37.4 Å². The molecule has 3 saturated heterocycles. The topological polar surface area (TPSA) is 118 Å².